The van der Waals surface area contributed by atoms with Crippen LogP contribution in [0.4, 0.5) is 5.69 Å². The molecule has 1 unspecified atom stereocenters. The van der Waals surface area contributed by atoms with Crippen molar-refractivity contribution in [3.63, 3.8) is 0 Å². The van der Waals surface area contributed by atoms with E-state index in [-0.39, 0.29) is 10.9 Å². The quantitative estimate of drug-likeness (QED) is 0.885. The van der Waals surface area contributed by atoms with Crippen LogP contribution in [0, 0.1) is 0 Å². The lowest BCUT2D eigenvalue weighted by atomic mass is 10.1. The Morgan fingerprint density at radius 2 is 1.71 bits per heavy atom. The first-order valence-electron chi connectivity index (χ1n) is 6.12. The first-order valence-corrected chi connectivity index (χ1v) is 8.42. The van der Waals surface area contributed by atoms with Crippen molar-refractivity contribution in [2.45, 2.75) is 17.9 Å². The van der Waals surface area contributed by atoms with E-state index in [4.69, 9.17) is 28.3 Å². The van der Waals surface area contributed by atoms with Crippen molar-refractivity contribution in [1.82, 2.24) is 0 Å². The summed E-state index contributed by atoms with van der Waals surface area (Å²) in [4.78, 5) is 0.0708. The Kier molecular flexibility index (Phi) is 4.78. The summed E-state index contributed by atoms with van der Waals surface area (Å²) in [5.74, 6) is 0. The molecule has 0 spiro atoms. The molecule has 3 N–H and O–H groups in total. The second-order valence-corrected chi connectivity index (χ2v) is 6.93. The number of halogens is 2. The van der Waals surface area contributed by atoms with Crippen molar-refractivity contribution in [3.05, 3.63) is 58.1 Å². The maximum atomic E-state index is 11.2. The van der Waals surface area contributed by atoms with Crippen molar-refractivity contribution < 1.29 is 8.42 Å². The molecule has 0 aromatic heterocycles. The molecule has 2 aromatic carbocycles. The van der Waals surface area contributed by atoms with Gasteiger partial charge in [-0.3, -0.25) is 0 Å². The average molecular weight is 345 g/mol. The van der Waals surface area contributed by atoms with Crippen LogP contribution in [0.5, 0.6) is 0 Å². The molecule has 21 heavy (non-hydrogen) atoms. The molecular formula is C14H14Cl2N2O2S. The molecule has 4 nitrogen and oxygen atoms in total. The van der Waals surface area contributed by atoms with Gasteiger partial charge in [0.1, 0.15) is 0 Å². The Balaban J connectivity index is 2.20. The Morgan fingerprint density at radius 1 is 1.10 bits per heavy atom. The van der Waals surface area contributed by atoms with Crippen molar-refractivity contribution in [3.8, 4) is 0 Å². The molecule has 0 aliphatic carbocycles. The van der Waals surface area contributed by atoms with Crippen LogP contribution in [0.3, 0.4) is 0 Å². The van der Waals surface area contributed by atoms with Gasteiger partial charge in [0.15, 0.2) is 0 Å². The van der Waals surface area contributed by atoms with Crippen LogP contribution >= 0.6 is 23.2 Å². The van der Waals surface area contributed by atoms with Crippen LogP contribution < -0.4 is 10.5 Å². The third-order valence-electron chi connectivity index (χ3n) is 3.01. The highest BCUT2D eigenvalue weighted by atomic mass is 35.5. The highest BCUT2D eigenvalue weighted by Gasteiger charge is 2.12. The second-order valence-electron chi connectivity index (χ2n) is 4.58. The van der Waals surface area contributed by atoms with E-state index in [9.17, 15) is 8.42 Å². The van der Waals surface area contributed by atoms with E-state index in [0.29, 0.717) is 10.0 Å². The molecule has 0 heterocycles. The van der Waals surface area contributed by atoms with Crippen LogP contribution in [-0.4, -0.2) is 8.42 Å². The van der Waals surface area contributed by atoms with Crippen molar-refractivity contribution in [2.24, 2.45) is 5.14 Å². The average Bonchev–Trinajstić information content (AvgIpc) is 2.41. The van der Waals surface area contributed by atoms with Crippen molar-refractivity contribution >= 4 is 38.9 Å². The molecule has 0 aliphatic heterocycles. The molecule has 0 amide bonds. The van der Waals surface area contributed by atoms with Crippen molar-refractivity contribution in [2.75, 3.05) is 5.32 Å². The van der Waals surface area contributed by atoms with E-state index in [1.54, 1.807) is 18.2 Å². The molecular weight excluding hydrogens is 331 g/mol. The number of rotatable bonds is 4. The highest BCUT2D eigenvalue weighted by molar-refractivity contribution is 7.89. The molecule has 2 rings (SSSR count). The smallest absolute Gasteiger partial charge is 0.238 e. The SMILES string of the molecule is CC(Nc1ccc(S(N)(=O)=O)cc1)c1cccc(Cl)c1Cl. The minimum atomic E-state index is -3.68. The largest absolute Gasteiger partial charge is 0.378 e. The van der Waals surface area contributed by atoms with Gasteiger partial charge in [-0.2, -0.15) is 0 Å². The minimum Gasteiger partial charge on any atom is -0.378 e. The third-order valence-corrected chi connectivity index (χ3v) is 4.78. The van der Waals surface area contributed by atoms with Gasteiger partial charge in [0.25, 0.3) is 0 Å². The zero-order valence-electron chi connectivity index (χ0n) is 11.2. The summed E-state index contributed by atoms with van der Waals surface area (Å²) in [5.41, 5.74) is 1.62. The Labute approximate surface area is 133 Å². The Morgan fingerprint density at radius 3 is 2.29 bits per heavy atom. The Hall–Kier alpha value is -1.27. The minimum absolute atomic E-state index is 0.0708. The van der Waals surface area contributed by atoms with Gasteiger partial charge in [0.05, 0.1) is 21.0 Å². The van der Waals surface area contributed by atoms with E-state index in [0.717, 1.165) is 11.3 Å². The molecule has 0 radical (unpaired) electrons. The van der Waals surface area contributed by atoms with Gasteiger partial charge >= 0.3 is 0 Å². The summed E-state index contributed by atoms with van der Waals surface area (Å²) >= 11 is 12.2. The fourth-order valence-electron chi connectivity index (χ4n) is 1.92. The van der Waals surface area contributed by atoms with Gasteiger partial charge in [0, 0.05) is 5.69 Å². The number of benzene rings is 2. The number of anilines is 1. The summed E-state index contributed by atoms with van der Waals surface area (Å²) in [7, 11) is -3.68. The van der Waals surface area contributed by atoms with Gasteiger partial charge in [-0.25, -0.2) is 13.6 Å². The normalized spacial score (nSPS) is 13.0. The van der Waals surface area contributed by atoms with E-state index in [1.165, 1.54) is 12.1 Å². The first-order chi connectivity index (χ1) is 9.79. The molecule has 0 fully saturated rings. The maximum absolute atomic E-state index is 11.2. The van der Waals surface area contributed by atoms with E-state index in [2.05, 4.69) is 5.32 Å². The van der Waals surface area contributed by atoms with E-state index < -0.39 is 10.0 Å². The number of primary sulfonamides is 1. The first kappa shape index (κ1) is 16.1. The van der Waals surface area contributed by atoms with Gasteiger partial charge in [-0.15, -0.1) is 0 Å². The maximum Gasteiger partial charge on any atom is 0.238 e. The molecule has 0 aliphatic rings. The van der Waals surface area contributed by atoms with Gasteiger partial charge < -0.3 is 5.32 Å². The van der Waals surface area contributed by atoms with Crippen molar-refractivity contribution in [1.29, 1.82) is 0 Å². The number of sulfonamides is 1. The summed E-state index contributed by atoms with van der Waals surface area (Å²) in [5, 5.41) is 9.27. The fraction of sp³-hybridized carbons (Fsp3) is 0.143. The standard InChI is InChI=1S/C14H14Cl2N2O2S/c1-9(12-3-2-4-13(15)14(12)16)18-10-5-7-11(8-6-10)21(17,19)20/h2-9,18H,1H3,(H2,17,19,20). The Bertz CT molecular complexity index is 746. The molecule has 1 atom stereocenters. The lowest BCUT2D eigenvalue weighted by Crippen LogP contribution is -2.12. The summed E-state index contributed by atoms with van der Waals surface area (Å²) < 4.78 is 22.4. The second kappa shape index (κ2) is 6.23. The molecule has 0 saturated carbocycles. The molecule has 0 bridgehead atoms. The molecule has 2 aromatic rings. The number of nitrogens with one attached hydrogen (secondary N) is 1. The van der Waals surface area contributed by atoms with Gasteiger partial charge in [-0.05, 0) is 42.8 Å². The number of nitrogens with two attached hydrogens (primary N) is 1. The third kappa shape index (κ3) is 3.89. The summed E-state index contributed by atoms with van der Waals surface area (Å²) in [6, 6.07) is 11.5. The number of hydrogen-bond acceptors (Lipinski definition) is 3. The van der Waals surface area contributed by atoms with Crippen LogP contribution in [0.1, 0.15) is 18.5 Å². The highest BCUT2D eigenvalue weighted by Crippen LogP contribution is 2.31. The monoisotopic (exact) mass is 344 g/mol. The fourth-order valence-corrected chi connectivity index (χ4v) is 2.91. The topological polar surface area (TPSA) is 72.2 Å². The van der Waals surface area contributed by atoms with Crippen LogP contribution in [0.15, 0.2) is 47.4 Å². The zero-order valence-corrected chi connectivity index (χ0v) is 13.5. The lowest BCUT2D eigenvalue weighted by molar-refractivity contribution is 0.598. The predicted molar refractivity (Wildman–Crippen MR) is 86.3 cm³/mol. The zero-order chi connectivity index (χ0) is 15.6. The molecule has 112 valence electrons. The predicted octanol–water partition coefficient (Wildman–Crippen LogP) is 3.81. The van der Waals surface area contributed by atoms with Crippen LogP contribution in [0.25, 0.3) is 0 Å². The molecule has 7 heteroatoms. The van der Waals surface area contributed by atoms with E-state index >= 15 is 0 Å². The molecule has 0 saturated heterocycles. The number of hydrogen-bond donors (Lipinski definition) is 2. The summed E-state index contributed by atoms with van der Waals surface area (Å²) in [6.07, 6.45) is 0. The van der Waals surface area contributed by atoms with Crippen LogP contribution in [-0.2, 0) is 10.0 Å². The van der Waals surface area contributed by atoms with Gasteiger partial charge in [-0.1, -0.05) is 35.3 Å². The lowest BCUT2D eigenvalue weighted by Gasteiger charge is -2.17. The van der Waals surface area contributed by atoms with E-state index in [1.807, 2.05) is 19.1 Å². The summed E-state index contributed by atoms with van der Waals surface area (Å²) in [6.45, 7) is 1.94. The van der Waals surface area contributed by atoms with Crippen LogP contribution in [0.2, 0.25) is 10.0 Å². The van der Waals surface area contributed by atoms with Gasteiger partial charge in [0.2, 0.25) is 10.0 Å².